The summed E-state index contributed by atoms with van der Waals surface area (Å²) >= 11 is 8.25. The number of benzene rings is 2. The van der Waals surface area contributed by atoms with Crippen molar-refractivity contribution < 1.29 is 0 Å². The molecule has 0 bridgehead atoms. The second kappa shape index (κ2) is 7.40. The monoisotopic (exact) mass is 367 g/mol. The molecular weight excluding hydrogens is 350 g/mol. The van der Waals surface area contributed by atoms with Crippen LogP contribution in [0.5, 0.6) is 0 Å². The molecule has 25 heavy (non-hydrogen) atoms. The summed E-state index contributed by atoms with van der Waals surface area (Å²) in [5.74, 6) is 0. The van der Waals surface area contributed by atoms with Gasteiger partial charge in [0.1, 0.15) is 0 Å². The van der Waals surface area contributed by atoms with Crippen LogP contribution in [0.25, 0.3) is 10.1 Å². The fourth-order valence-electron chi connectivity index (χ4n) is 2.84. The smallest absolute Gasteiger partial charge is 0.0659 e. The Morgan fingerprint density at radius 2 is 1.76 bits per heavy atom. The second-order valence-electron chi connectivity index (χ2n) is 5.96. The average molecular weight is 368 g/mol. The van der Waals surface area contributed by atoms with Crippen LogP contribution in [0.1, 0.15) is 16.0 Å². The van der Waals surface area contributed by atoms with Crippen molar-refractivity contribution in [1.29, 1.82) is 0 Å². The van der Waals surface area contributed by atoms with Crippen molar-refractivity contribution in [3.8, 4) is 0 Å². The van der Waals surface area contributed by atoms with Gasteiger partial charge in [0.05, 0.1) is 11.6 Å². The third-order valence-electron chi connectivity index (χ3n) is 4.14. The van der Waals surface area contributed by atoms with Gasteiger partial charge in [0.25, 0.3) is 0 Å². The van der Waals surface area contributed by atoms with E-state index in [-0.39, 0.29) is 0 Å². The number of nitrogens with zero attached hydrogens (tertiary/aromatic N) is 2. The minimum atomic E-state index is 0.785. The molecule has 2 heterocycles. The van der Waals surface area contributed by atoms with Crippen LogP contribution in [-0.4, -0.2) is 9.78 Å². The van der Waals surface area contributed by atoms with Gasteiger partial charge in [-0.25, -0.2) is 0 Å². The first-order chi connectivity index (χ1) is 12.3. The van der Waals surface area contributed by atoms with Crippen molar-refractivity contribution in [2.75, 3.05) is 0 Å². The van der Waals surface area contributed by atoms with Crippen molar-refractivity contribution >= 4 is 33.0 Å². The van der Waals surface area contributed by atoms with Gasteiger partial charge in [-0.05, 0) is 23.3 Å². The number of halogens is 1. The van der Waals surface area contributed by atoms with Crippen molar-refractivity contribution in [3.63, 3.8) is 0 Å². The van der Waals surface area contributed by atoms with E-state index in [1.807, 2.05) is 23.0 Å². The topological polar surface area (TPSA) is 29.9 Å². The first-order valence-electron chi connectivity index (χ1n) is 8.21. The maximum absolute atomic E-state index is 6.49. The molecule has 4 aromatic rings. The highest BCUT2D eigenvalue weighted by Gasteiger charge is 2.09. The summed E-state index contributed by atoms with van der Waals surface area (Å²) in [5.41, 5.74) is 2.52. The predicted octanol–water partition coefficient (Wildman–Crippen LogP) is 5.09. The zero-order chi connectivity index (χ0) is 17.1. The molecule has 0 radical (unpaired) electrons. The molecule has 0 amide bonds. The molecule has 0 unspecified atom stereocenters. The van der Waals surface area contributed by atoms with E-state index in [0.29, 0.717) is 0 Å². The number of thiophene rings is 1. The first kappa shape index (κ1) is 16.3. The van der Waals surface area contributed by atoms with Crippen LogP contribution in [0.3, 0.4) is 0 Å². The molecule has 126 valence electrons. The molecule has 1 N–H and O–H groups in total. The van der Waals surface area contributed by atoms with E-state index in [2.05, 4.69) is 52.9 Å². The molecule has 0 spiro atoms. The summed E-state index contributed by atoms with van der Waals surface area (Å²) in [7, 11) is 0. The van der Waals surface area contributed by atoms with Gasteiger partial charge in [-0.15, -0.1) is 11.3 Å². The Hall–Kier alpha value is -2.14. The van der Waals surface area contributed by atoms with Crippen molar-refractivity contribution in [1.82, 2.24) is 15.1 Å². The van der Waals surface area contributed by atoms with Crippen LogP contribution in [0.15, 0.2) is 67.0 Å². The Labute approximate surface area is 155 Å². The summed E-state index contributed by atoms with van der Waals surface area (Å²) in [5, 5.41) is 9.75. The van der Waals surface area contributed by atoms with Crippen LogP contribution in [0.4, 0.5) is 0 Å². The third kappa shape index (κ3) is 3.76. The fraction of sp³-hybridized carbons (Fsp3) is 0.150. The predicted molar refractivity (Wildman–Crippen MR) is 105 cm³/mol. The van der Waals surface area contributed by atoms with E-state index in [1.54, 1.807) is 17.5 Å². The molecule has 5 heteroatoms. The lowest BCUT2D eigenvalue weighted by Gasteiger charge is -2.06. The highest BCUT2D eigenvalue weighted by molar-refractivity contribution is 7.19. The average Bonchev–Trinajstić information content (AvgIpc) is 3.25. The summed E-state index contributed by atoms with van der Waals surface area (Å²) in [6.45, 7) is 2.41. The lowest BCUT2D eigenvalue weighted by Crippen LogP contribution is -2.12. The lowest BCUT2D eigenvalue weighted by molar-refractivity contribution is 0.683. The van der Waals surface area contributed by atoms with Crippen LogP contribution >= 0.6 is 22.9 Å². The van der Waals surface area contributed by atoms with Crippen LogP contribution < -0.4 is 5.32 Å². The summed E-state index contributed by atoms with van der Waals surface area (Å²) in [6, 6.07) is 18.9. The Kier molecular flexibility index (Phi) is 4.83. The number of rotatable bonds is 6. The normalized spacial score (nSPS) is 11.2. The van der Waals surface area contributed by atoms with E-state index >= 15 is 0 Å². The highest BCUT2D eigenvalue weighted by atomic mass is 35.5. The number of nitrogens with one attached hydrogen (secondary N) is 1. The number of fused-ring (bicyclic) bond motifs is 1. The molecule has 0 aliphatic heterocycles. The van der Waals surface area contributed by atoms with Crippen molar-refractivity contribution in [3.05, 3.63) is 88.0 Å². The fourth-order valence-corrected chi connectivity index (χ4v) is 4.31. The molecule has 2 aromatic heterocycles. The van der Waals surface area contributed by atoms with Crippen LogP contribution in [0.2, 0.25) is 5.02 Å². The highest BCUT2D eigenvalue weighted by Crippen LogP contribution is 2.34. The lowest BCUT2D eigenvalue weighted by atomic mass is 10.1. The van der Waals surface area contributed by atoms with E-state index in [4.69, 9.17) is 11.6 Å². The molecule has 2 aromatic carbocycles. The molecule has 0 fully saturated rings. The molecule has 0 aliphatic rings. The van der Waals surface area contributed by atoms with E-state index in [1.165, 1.54) is 20.7 Å². The van der Waals surface area contributed by atoms with Gasteiger partial charge in [0.2, 0.25) is 0 Å². The molecule has 0 saturated heterocycles. The number of hydrogen-bond donors (Lipinski definition) is 1. The quantitative estimate of drug-likeness (QED) is 0.514. The minimum absolute atomic E-state index is 0.785. The van der Waals surface area contributed by atoms with E-state index in [0.717, 1.165) is 30.0 Å². The zero-order valence-electron chi connectivity index (χ0n) is 13.7. The maximum Gasteiger partial charge on any atom is 0.0659 e. The Morgan fingerprint density at radius 3 is 2.52 bits per heavy atom. The van der Waals surface area contributed by atoms with Gasteiger partial charge < -0.3 is 5.32 Å². The summed E-state index contributed by atoms with van der Waals surface area (Å²) in [4.78, 5) is 1.19. The Bertz CT molecular complexity index is 958. The molecule has 0 atom stereocenters. The van der Waals surface area contributed by atoms with Gasteiger partial charge in [0.15, 0.2) is 0 Å². The minimum Gasteiger partial charge on any atom is -0.308 e. The standard InChI is InChI=1S/C20H18ClN3S/c21-20-17-4-1-2-5-18(17)25-19(20)13-22-12-15-6-8-16(9-7-15)14-24-11-3-10-23-24/h1-11,22H,12-14H2. The van der Waals surface area contributed by atoms with Gasteiger partial charge in [-0.1, -0.05) is 54.1 Å². The molecule has 3 nitrogen and oxygen atoms in total. The third-order valence-corrected chi connectivity index (χ3v) is 5.86. The SMILES string of the molecule is Clc1c(CNCc2ccc(Cn3cccn3)cc2)sc2ccccc12. The van der Waals surface area contributed by atoms with Crippen LogP contribution in [-0.2, 0) is 19.6 Å². The number of hydrogen-bond acceptors (Lipinski definition) is 3. The largest absolute Gasteiger partial charge is 0.308 e. The Balaban J connectivity index is 1.35. The maximum atomic E-state index is 6.49. The van der Waals surface area contributed by atoms with Crippen molar-refractivity contribution in [2.45, 2.75) is 19.6 Å². The number of aromatic nitrogens is 2. The van der Waals surface area contributed by atoms with Crippen LogP contribution in [0, 0.1) is 0 Å². The van der Waals surface area contributed by atoms with Gasteiger partial charge >= 0.3 is 0 Å². The second-order valence-corrected chi connectivity index (χ2v) is 7.47. The Morgan fingerprint density at radius 1 is 0.960 bits per heavy atom. The van der Waals surface area contributed by atoms with Gasteiger partial charge in [-0.2, -0.15) is 5.10 Å². The van der Waals surface area contributed by atoms with Gasteiger partial charge in [0, 0.05) is 40.4 Å². The van der Waals surface area contributed by atoms with E-state index < -0.39 is 0 Å². The summed E-state index contributed by atoms with van der Waals surface area (Å²) in [6.07, 6.45) is 3.78. The molecule has 0 aliphatic carbocycles. The summed E-state index contributed by atoms with van der Waals surface area (Å²) < 4.78 is 3.17. The van der Waals surface area contributed by atoms with Gasteiger partial charge in [-0.3, -0.25) is 4.68 Å². The first-order valence-corrected chi connectivity index (χ1v) is 9.41. The molecular formula is C20H18ClN3S. The molecule has 4 rings (SSSR count). The zero-order valence-corrected chi connectivity index (χ0v) is 15.2. The van der Waals surface area contributed by atoms with Crippen molar-refractivity contribution in [2.24, 2.45) is 0 Å². The molecule has 0 saturated carbocycles. The van der Waals surface area contributed by atoms with E-state index in [9.17, 15) is 0 Å².